The van der Waals surface area contributed by atoms with E-state index in [1.54, 1.807) is 41.7 Å². The van der Waals surface area contributed by atoms with Crippen molar-refractivity contribution < 1.29 is 19.5 Å². The van der Waals surface area contributed by atoms with Crippen LogP contribution in [0.1, 0.15) is 92.5 Å². The van der Waals surface area contributed by atoms with Crippen LogP contribution in [0.5, 0.6) is 0 Å². The first-order valence-corrected chi connectivity index (χ1v) is 20.2. The van der Waals surface area contributed by atoms with Gasteiger partial charge in [0.2, 0.25) is 11.8 Å². The van der Waals surface area contributed by atoms with Crippen LogP contribution in [-0.4, -0.2) is 84.4 Å². The monoisotopic (exact) mass is 767 g/mol. The molecule has 0 bridgehead atoms. The van der Waals surface area contributed by atoms with E-state index in [0.29, 0.717) is 40.6 Å². The van der Waals surface area contributed by atoms with Crippen LogP contribution in [0.2, 0.25) is 0 Å². The average Bonchev–Trinajstić information content (AvgIpc) is 3.91. The number of aliphatic hydroxyl groups is 1. The molecule has 0 spiro atoms. The lowest BCUT2D eigenvalue weighted by atomic mass is 9.85. The quantitative estimate of drug-likeness (QED) is 0.177. The Hall–Kier alpha value is -4.86. The lowest BCUT2D eigenvalue weighted by molar-refractivity contribution is -0.135. The fourth-order valence-corrected chi connectivity index (χ4v) is 9.51. The number of imide groups is 1. The van der Waals surface area contributed by atoms with Gasteiger partial charge in [0.15, 0.2) is 0 Å². The molecule has 55 heavy (non-hydrogen) atoms. The molecule has 1 unspecified atom stereocenters. The Balaban J connectivity index is 0.882. The number of para-hydroxylation sites is 1. The third-order valence-corrected chi connectivity index (χ3v) is 12.8. The van der Waals surface area contributed by atoms with Gasteiger partial charge in [-0.25, -0.2) is 4.79 Å². The van der Waals surface area contributed by atoms with Crippen molar-refractivity contribution in [3.05, 3.63) is 69.2 Å². The summed E-state index contributed by atoms with van der Waals surface area (Å²) < 4.78 is 5.28. The number of amides is 3. The molecular weight excluding hydrogens is 719 g/mol. The normalized spacial score (nSPS) is 21.5. The Bertz CT molecular complexity index is 2300. The Morgan fingerprint density at radius 2 is 1.84 bits per heavy atom. The predicted octanol–water partition coefficient (Wildman–Crippen LogP) is 4.94. The molecule has 2 saturated heterocycles. The van der Waals surface area contributed by atoms with Gasteiger partial charge in [-0.3, -0.25) is 38.5 Å². The van der Waals surface area contributed by atoms with Gasteiger partial charge in [0, 0.05) is 62.0 Å². The number of thiazole rings is 1. The molecule has 3 aliphatic rings. The number of rotatable bonds is 9. The maximum Gasteiger partial charge on any atom is 0.329 e. The number of piperidine rings is 2. The number of carbonyl (C=O) groups excluding carboxylic acids is 3. The summed E-state index contributed by atoms with van der Waals surface area (Å²) in [7, 11) is 4.01. The number of aryl methyl sites for hydroxylation is 1. The van der Waals surface area contributed by atoms with E-state index in [0.717, 1.165) is 85.8 Å². The number of fused-ring (bicyclic) bond motifs is 2. The van der Waals surface area contributed by atoms with Crippen LogP contribution in [0.15, 0.2) is 53.0 Å². The van der Waals surface area contributed by atoms with Gasteiger partial charge in [0.1, 0.15) is 10.9 Å². The number of hydrogen-bond donors (Lipinski definition) is 3. The van der Waals surface area contributed by atoms with Crippen molar-refractivity contribution >= 4 is 62.4 Å². The van der Waals surface area contributed by atoms with Crippen molar-refractivity contribution in [2.75, 3.05) is 36.9 Å². The summed E-state index contributed by atoms with van der Waals surface area (Å²) in [6, 6.07) is 9.78. The van der Waals surface area contributed by atoms with Crippen molar-refractivity contribution in [3.63, 3.8) is 0 Å². The van der Waals surface area contributed by atoms with Gasteiger partial charge >= 0.3 is 5.69 Å². The predicted molar refractivity (Wildman–Crippen MR) is 213 cm³/mol. The lowest BCUT2D eigenvalue weighted by Crippen LogP contribution is -2.45. The van der Waals surface area contributed by atoms with Gasteiger partial charge in [-0.2, -0.15) is 5.10 Å². The minimum atomic E-state index is -1.17. The van der Waals surface area contributed by atoms with Crippen LogP contribution in [0, 0.1) is 5.92 Å². The first kappa shape index (κ1) is 37.1. The number of anilines is 2. The van der Waals surface area contributed by atoms with Gasteiger partial charge < -0.3 is 20.2 Å². The Kier molecular flexibility index (Phi) is 9.88. The highest BCUT2D eigenvalue weighted by Crippen LogP contribution is 2.37. The Morgan fingerprint density at radius 3 is 2.53 bits per heavy atom. The number of nitrogens with zero attached hydrogens (tertiary/aromatic N) is 7. The Labute approximate surface area is 323 Å². The minimum Gasteiger partial charge on any atom is -0.386 e. The van der Waals surface area contributed by atoms with Crippen LogP contribution in [0.25, 0.3) is 21.9 Å². The molecule has 5 heterocycles. The summed E-state index contributed by atoms with van der Waals surface area (Å²) in [6.45, 7) is 6.22. The van der Waals surface area contributed by atoms with Crippen molar-refractivity contribution in [1.29, 1.82) is 0 Å². The van der Waals surface area contributed by atoms with Gasteiger partial charge in [-0.05, 0) is 96.0 Å². The lowest BCUT2D eigenvalue weighted by Gasteiger charge is -2.40. The molecule has 1 aliphatic carbocycles. The molecule has 5 aromatic rings. The molecule has 1 saturated carbocycles. The number of hydrogen-bond acceptors (Lipinski definition) is 10. The number of imidazole rings is 1. The zero-order valence-corrected chi connectivity index (χ0v) is 32.6. The maximum atomic E-state index is 13.5. The summed E-state index contributed by atoms with van der Waals surface area (Å²) in [6.07, 6.45) is 10.5. The molecule has 0 radical (unpaired) electrons. The fraction of sp³-hybridized carbons (Fsp3) is 0.500. The molecule has 3 fully saturated rings. The molecule has 3 N–H and O–H groups in total. The summed E-state index contributed by atoms with van der Waals surface area (Å²) in [5.41, 5.74) is 4.74. The van der Waals surface area contributed by atoms with Gasteiger partial charge in [0.25, 0.3) is 5.91 Å². The van der Waals surface area contributed by atoms with E-state index < -0.39 is 17.6 Å². The first-order valence-electron chi connectivity index (χ1n) is 19.3. The summed E-state index contributed by atoms with van der Waals surface area (Å²) in [4.78, 5) is 60.3. The number of benzene rings is 2. The van der Waals surface area contributed by atoms with E-state index in [-0.39, 0.29) is 23.9 Å². The largest absolute Gasteiger partial charge is 0.386 e. The van der Waals surface area contributed by atoms with E-state index in [1.807, 2.05) is 24.3 Å². The third-order valence-electron chi connectivity index (χ3n) is 12.0. The van der Waals surface area contributed by atoms with E-state index >= 15 is 0 Å². The second-order valence-corrected chi connectivity index (χ2v) is 17.0. The summed E-state index contributed by atoms with van der Waals surface area (Å²) >= 11 is 1.27. The number of carbonyl (C=O) groups is 3. The molecule has 1 atom stereocenters. The van der Waals surface area contributed by atoms with Crippen molar-refractivity contribution in [2.24, 2.45) is 13.0 Å². The second kappa shape index (κ2) is 14.7. The van der Waals surface area contributed by atoms with E-state index in [9.17, 15) is 24.3 Å². The van der Waals surface area contributed by atoms with Crippen LogP contribution in [-0.2, 0) is 22.2 Å². The Morgan fingerprint density at radius 1 is 1.07 bits per heavy atom. The molecule has 2 aliphatic heterocycles. The zero-order valence-electron chi connectivity index (χ0n) is 31.8. The topological polar surface area (TPSA) is 160 Å². The fourth-order valence-electron chi connectivity index (χ4n) is 9.00. The van der Waals surface area contributed by atoms with Gasteiger partial charge in [-0.1, -0.05) is 6.07 Å². The summed E-state index contributed by atoms with van der Waals surface area (Å²) in [5, 5.41) is 22.2. The van der Waals surface area contributed by atoms with Gasteiger partial charge in [0.05, 0.1) is 45.6 Å². The SMILES string of the molecule is CN(CC1CCC(n2cc3cc(NC(=O)c4cncs4)c(C(C)(C)O)cc3n2)CC1)C1CCN(c2cccc3c2n(C)c(=O)n3C2CCC(=O)NC2=O)CC1. The van der Waals surface area contributed by atoms with Crippen LogP contribution in [0.3, 0.4) is 0 Å². The van der Waals surface area contributed by atoms with E-state index in [1.165, 1.54) is 11.3 Å². The van der Waals surface area contributed by atoms with E-state index in [4.69, 9.17) is 5.10 Å². The number of nitrogens with one attached hydrogen (secondary N) is 2. The van der Waals surface area contributed by atoms with Crippen molar-refractivity contribution in [2.45, 2.75) is 88.9 Å². The van der Waals surface area contributed by atoms with Crippen LogP contribution < -0.4 is 21.2 Å². The van der Waals surface area contributed by atoms with Crippen molar-refractivity contribution in [1.82, 2.24) is 34.1 Å². The molecule has 2 aromatic carbocycles. The van der Waals surface area contributed by atoms with Gasteiger partial charge in [-0.15, -0.1) is 11.3 Å². The minimum absolute atomic E-state index is 0.216. The standard InChI is InChI=1S/C40H49N9O5S/c1-40(2,54)28-19-29-25(18-30(28)42-38(52)34-20-41-23-55-34)22-48(44-29)27-10-8-24(9-11-27)21-45(3)26-14-16-47(17-15-26)31-6-5-7-32-36(31)46(4)39(53)49(32)33-12-13-35(50)43-37(33)51/h5-7,18-20,22-24,26-27,33,54H,8-17,21H2,1-4H3,(H,42,52)(H,43,50,51). The molecule has 3 aromatic heterocycles. The smallest absolute Gasteiger partial charge is 0.329 e. The molecule has 290 valence electrons. The van der Waals surface area contributed by atoms with Crippen molar-refractivity contribution in [3.8, 4) is 0 Å². The van der Waals surface area contributed by atoms with Crippen LogP contribution in [0.4, 0.5) is 11.4 Å². The molecule has 3 amide bonds. The highest BCUT2D eigenvalue weighted by Gasteiger charge is 2.33. The van der Waals surface area contributed by atoms with E-state index in [2.05, 4.69) is 49.4 Å². The van der Waals surface area contributed by atoms with Crippen LogP contribution >= 0.6 is 11.3 Å². The molecular formula is C40H49N9O5S. The zero-order chi connectivity index (χ0) is 38.6. The first-order chi connectivity index (χ1) is 26.4. The summed E-state index contributed by atoms with van der Waals surface area (Å²) in [5.74, 6) is -0.363. The highest BCUT2D eigenvalue weighted by molar-refractivity contribution is 7.11. The second-order valence-electron chi connectivity index (χ2n) is 16.1. The third kappa shape index (κ3) is 7.20. The maximum absolute atomic E-state index is 13.5. The average molecular weight is 768 g/mol. The molecule has 14 nitrogen and oxygen atoms in total. The molecule has 8 rings (SSSR count). The number of aromatic nitrogens is 5. The molecule has 15 heteroatoms. The highest BCUT2D eigenvalue weighted by atomic mass is 32.1.